The average molecular weight is 370 g/mol. The van der Waals surface area contributed by atoms with E-state index in [9.17, 15) is 0 Å². The Morgan fingerprint density at radius 3 is 2.43 bits per heavy atom. The first-order valence-corrected chi connectivity index (χ1v) is 9.48. The quantitative estimate of drug-likeness (QED) is 0.368. The number of ether oxygens (including phenoxy) is 1. The van der Waals surface area contributed by atoms with Gasteiger partial charge < -0.3 is 13.8 Å². The Labute approximate surface area is 148 Å². The molecule has 0 aliphatic carbocycles. The summed E-state index contributed by atoms with van der Waals surface area (Å²) in [6, 6.07) is 13.1. The van der Waals surface area contributed by atoms with E-state index < -0.39 is 8.60 Å². The topological polar surface area (TPSA) is 36.9 Å². The number of para-hydroxylation sites is 3. The fourth-order valence-corrected chi connectivity index (χ4v) is 3.88. The van der Waals surface area contributed by atoms with Crippen LogP contribution < -0.4 is 13.8 Å². The van der Waals surface area contributed by atoms with Gasteiger partial charge in [0.1, 0.15) is 5.75 Å². The van der Waals surface area contributed by atoms with Crippen LogP contribution in [-0.2, 0) is 3.97 Å². The van der Waals surface area contributed by atoms with Crippen LogP contribution in [0.2, 0.25) is 0 Å². The minimum Gasteiger partial charge on any atom is -0.493 e. The maximum Gasteiger partial charge on any atom is 0.475 e. The van der Waals surface area contributed by atoms with Gasteiger partial charge >= 0.3 is 8.60 Å². The average Bonchev–Trinajstić information content (AvgIpc) is 2.56. The Bertz CT molecular complexity index is 619. The van der Waals surface area contributed by atoms with Crippen molar-refractivity contribution in [2.75, 3.05) is 12.9 Å². The highest BCUT2D eigenvalue weighted by Gasteiger charge is 2.22. The van der Waals surface area contributed by atoms with E-state index in [1.807, 2.05) is 56.3 Å². The van der Waals surface area contributed by atoms with Gasteiger partial charge in [-0.25, -0.2) is 3.97 Å². The zero-order valence-corrected chi connectivity index (χ0v) is 15.8. The largest absolute Gasteiger partial charge is 0.493 e. The van der Waals surface area contributed by atoms with E-state index in [1.54, 1.807) is 7.11 Å². The molecule has 0 bridgehead atoms. The highest BCUT2D eigenvalue weighted by atomic mass is 32.2. The van der Waals surface area contributed by atoms with E-state index in [2.05, 4.69) is 12.6 Å². The van der Waals surface area contributed by atoms with E-state index in [0.29, 0.717) is 17.2 Å². The molecule has 0 aliphatic rings. The standard InChI is InChI=1S/C16H19O4PS2/c1-4-23-20-21(18-14-10-6-5-9-13(14)17-3)19-16-12(2)8-7-11-15(16)22/h5-11,22H,4H2,1-3H3. The Morgan fingerprint density at radius 2 is 1.78 bits per heavy atom. The minimum absolute atomic E-state index is 0.576. The first kappa shape index (κ1) is 18.3. The van der Waals surface area contributed by atoms with Crippen molar-refractivity contribution in [3.63, 3.8) is 0 Å². The molecule has 0 saturated carbocycles. The van der Waals surface area contributed by atoms with Crippen LogP contribution in [0, 0.1) is 6.92 Å². The van der Waals surface area contributed by atoms with Gasteiger partial charge in [-0.05, 0) is 30.7 Å². The fraction of sp³-hybridized carbons (Fsp3) is 0.250. The molecule has 2 aromatic carbocycles. The smallest absolute Gasteiger partial charge is 0.475 e. The predicted molar refractivity (Wildman–Crippen MR) is 98.8 cm³/mol. The van der Waals surface area contributed by atoms with Gasteiger partial charge in [0, 0.05) is 22.7 Å². The van der Waals surface area contributed by atoms with Crippen molar-refractivity contribution in [3.8, 4) is 17.2 Å². The molecule has 4 nitrogen and oxygen atoms in total. The molecule has 0 amide bonds. The van der Waals surface area contributed by atoms with Crippen molar-refractivity contribution in [3.05, 3.63) is 48.0 Å². The summed E-state index contributed by atoms with van der Waals surface area (Å²) in [4.78, 5) is 0.742. The summed E-state index contributed by atoms with van der Waals surface area (Å²) in [6.07, 6.45) is 0. The Hall–Kier alpha value is -1.07. The molecule has 23 heavy (non-hydrogen) atoms. The lowest BCUT2D eigenvalue weighted by Crippen LogP contribution is -2.00. The number of hydrogen-bond acceptors (Lipinski definition) is 6. The molecule has 7 heteroatoms. The highest BCUT2D eigenvalue weighted by molar-refractivity contribution is 7.97. The van der Waals surface area contributed by atoms with Crippen LogP contribution in [0.4, 0.5) is 0 Å². The molecule has 0 aliphatic heterocycles. The van der Waals surface area contributed by atoms with Gasteiger partial charge in [0.2, 0.25) is 0 Å². The molecule has 0 heterocycles. The van der Waals surface area contributed by atoms with E-state index in [4.69, 9.17) is 17.8 Å². The molecule has 0 N–H and O–H groups in total. The number of hydrogen-bond donors (Lipinski definition) is 1. The lowest BCUT2D eigenvalue weighted by atomic mass is 10.2. The zero-order chi connectivity index (χ0) is 16.7. The third-order valence-corrected chi connectivity index (χ3v) is 5.00. The monoisotopic (exact) mass is 370 g/mol. The summed E-state index contributed by atoms with van der Waals surface area (Å²) in [5, 5.41) is 0. The summed E-state index contributed by atoms with van der Waals surface area (Å²) in [5.41, 5.74) is 0.971. The summed E-state index contributed by atoms with van der Waals surface area (Å²) < 4.78 is 22.8. The molecular formula is C16H19O4PS2. The third-order valence-electron chi connectivity index (χ3n) is 2.83. The number of benzene rings is 2. The molecule has 0 saturated heterocycles. The molecule has 1 unspecified atom stereocenters. The molecule has 0 aromatic heterocycles. The zero-order valence-electron chi connectivity index (χ0n) is 13.2. The van der Waals surface area contributed by atoms with Gasteiger partial charge in [-0.15, -0.1) is 12.6 Å². The third kappa shape index (κ3) is 5.21. The lowest BCUT2D eigenvalue weighted by molar-refractivity contribution is 0.368. The van der Waals surface area contributed by atoms with Crippen molar-refractivity contribution in [2.45, 2.75) is 18.7 Å². The summed E-state index contributed by atoms with van der Waals surface area (Å²) in [5.74, 6) is 2.66. The van der Waals surface area contributed by atoms with Gasteiger partial charge in [-0.1, -0.05) is 31.2 Å². The first-order valence-electron chi connectivity index (χ1n) is 7.03. The SMILES string of the molecule is CCSOP(Oc1ccccc1OC)Oc1c(C)cccc1S. The second-order valence-corrected chi connectivity index (χ2v) is 7.16. The highest BCUT2D eigenvalue weighted by Crippen LogP contribution is 2.48. The van der Waals surface area contributed by atoms with E-state index in [0.717, 1.165) is 16.2 Å². The second-order valence-electron chi connectivity index (χ2n) is 4.46. The van der Waals surface area contributed by atoms with Crippen LogP contribution in [0.5, 0.6) is 17.2 Å². The van der Waals surface area contributed by atoms with Crippen molar-refractivity contribution >= 4 is 33.3 Å². The molecule has 0 spiro atoms. The normalized spacial score (nSPS) is 11.8. The molecule has 124 valence electrons. The van der Waals surface area contributed by atoms with Crippen LogP contribution in [0.25, 0.3) is 0 Å². The Balaban J connectivity index is 2.20. The second kappa shape index (κ2) is 9.28. The van der Waals surface area contributed by atoms with Crippen molar-refractivity contribution in [1.29, 1.82) is 0 Å². The molecule has 1 atom stereocenters. The maximum absolute atomic E-state index is 5.95. The number of aryl methyl sites for hydroxylation is 1. The Morgan fingerprint density at radius 1 is 1.04 bits per heavy atom. The summed E-state index contributed by atoms with van der Waals surface area (Å²) in [6.45, 7) is 3.96. The molecule has 0 radical (unpaired) electrons. The van der Waals surface area contributed by atoms with Gasteiger partial charge in [0.05, 0.1) is 7.11 Å². The van der Waals surface area contributed by atoms with Crippen molar-refractivity contribution in [2.24, 2.45) is 0 Å². The summed E-state index contributed by atoms with van der Waals surface area (Å²) in [7, 11) is -0.0420. The molecular weight excluding hydrogens is 351 g/mol. The summed E-state index contributed by atoms with van der Waals surface area (Å²) >= 11 is 5.73. The van der Waals surface area contributed by atoms with Gasteiger partial charge in [0.25, 0.3) is 0 Å². The maximum atomic E-state index is 5.95. The van der Waals surface area contributed by atoms with E-state index in [1.165, 1.54) is 12.0 Å². The van der Waals surface area contributed by atoms with Gasteiger partial charge in [0.15, 0.2) is 11.5 Å². The van der Waals surface area contributed by atoms with Crippen LogP contribution >= 0.6 is 33.3 Å². The van der Waals surface area contributed by atoms with Crippen LogP contribution in [0.15, 0.2) is 47.4 Å². The molecule has 2 aromatic rings. The number of methoxy groups -OCH3 is 1. The minimum atomic E-state index is -1.64. The number of rotatable bonds is 8. The van der Waals surface area contributed by atoms with E-state index in [-0.39, 0.29) is 0 Å². The van der Waals surface area contributed by atoms with Crippen molar-refractivity contribution < 1.29 is 17.8 Å². The lowest BCUT2D eigenvalue weighted by Gasteiger charge is -2.19. The predicted octanol–water partition coefficient (Wildman–Crippen LogP) is 5.66. The number of thiol groups is 1. The Kier molecular flexibility index (Phi) is 7.37. The molecule has 2 rings (SSSR count). The van der Waals surface area contributed by atoms with E-state index >= 15 is 0 Å². The van der Waals surface area contributed by atoms with Gasteiger partial charge in [-0.3, -0.25) is 0 Å². The van der Waals surface area contributed by atoms with Crippen LogP contribution in [0.1, 0.15) is 12.5 Å². The molecule has 0 fully saturated rings. The van der Waals surface area contributed by atoms with Crippen molar-refractivity contribution in [1.82, 2.24) is 0 Å². The van der Waals surface area contributed by atoms with Gasteiger partial charge in [-0.2, -0.15) is 0 Å². The van der Waals surface area contributed by atoms with Crippen LogP contribution in [-0.4, -0.2) is 12.9 Å². The fourth-order valence-electron chi connectivity index (χ4n) is 1.75. The first-order chi connectivity index (χ1) is 11.2. The van der Waals surface area contributed by atoms with Crippen LogP contribution in [0.3, 0.4) is 0 Å².